The van der Waals surface area contributed by atoms with Gasteiger partial charge in [-0.2, -0.15) is 0 Å². The van der Waals surface area contributed by atoms with E-state index in [2.05, 4.69) is 26.6 Å². The molecule has 6 nitrogen and oxygen atoms in total. The summed E-state index contributed by atoms with van der Waals surface area (Å²) in [6, 6.07) is 4.49. The highest BCUT2D eigenvalue weighted by Crippen LogP contribution is 2.34. The maximum Gasteiger partial charge on any atom is 0.341 e. The number of ether oxygens (including phenoxy) is 1. The number of benzene rings is 1. The second-order valence-corrected chi connectivity index (χ2v) is 8.00. The molecule has 2 N–H and O–H groups in total. The molecule has 0 unspecified atom stereocenters. The lowest BCUT2D eigenvalue weighted by Gasteiger charge is -2.11. The number of hydrogen-bond donors (Lipinski definition) is 2. The van der Waals surface area contributed by atoms with Crippen LogP contribution in [-0.4, -0.2) is 43.1 Å². The maximum atomic E-state index is 14.0. The Morgan fingerprint density at radius 1 is 1.30 bits per heavy atom. The van der Waals surface area contributed by atoms with Crippen LogP contribution in [0.4, 0.5) is 15.1 Å². The number of esters is 1. The first-order valence-corrected chi connectivity index (χ1v) is 9.63. The maximum absolute atomic E-state index is 14.0. The standard InChI is InChI=1S/C17H17BrFN3O3S2/c1-8-12(16(24)25-4)14(27-13(8)15(23)22(2)3)21-17(26)20-11-6-5-9(18)7-10(11)19/h5-7H,1-4H3,(H2,20,21,26). The van der Waals surface area contributed by atoms with Crippen molar-refractivity contribution in [3.8, 4) is 0 Å². The predicted molar refractivity (Wildman–Crippen MR) is 112 cm³/mol. The van der Waals surface area contributed by atoms with Crippen LogP contribution in [0.3, 0.4) is 0 Å². The predicted octanol–water partition coefficient (Wildman–Crippen LogP) is 4.26. The molecule has 0 saturated carbocycles. The van der Waals surface area contributed by atoms with Gasteiger partial charge in [-0.1, -0.05) is 15.9 Å². The van der Waals surface area contributed by atoms with Crippen molar-refractivity contribution in [2.24, 2.45) is 0 Å². The summed E-state index contributed by atoms with van der Waals surface area (Å²) in [5.41, 5.74) is 0.881. The minimum atomic E-state index is -0.596. The molecular weight excluding hydrogens is 457 g/mol. The molecule has 1 aromatic carbocycles. The van der Waals surface area contributed by atoms with Gasteiger partial charge in [0.1, 0.15) is 10.8 Å². The van der Waals surface area contributed by atoms with Crippen LogP contribution < -0.4 is 10.6 Å². The number of nitrogens with one attached hydrogen (secondary N) is 2. The minimum Gasteiger partial charge on any atom is -0.465 e. The Hall–Kier alpha value is -2.04. The Bertz CT molecular complexity index is 915. The quantitative estimate of drug-likeness (QED) is 0.510. The number of methoxy groups -OCH3 is 1. The summed E-state index contributed by atoms with van der Waals surface area (Å²) in [5.74, 6) is -1.33. The lowest BCUT2D eigenvalue weighted by atomic mass is 10.1. The van der Waals surface area contributed by atoms with E-state index in [0.717, 1.165) is 11.3 Å². The molecule has 0 aliphatic carbocycles. The number of rotatable bonds is 4. The van der Waals surface area contributed by atoms with Gasteiger partial charge in [0.15, 0.2) is 5.11 Å². The fourth-order valence-electron chi connectivity index (χ4n) is 2.20. The van der Waals surface area contributed by atoms with Gasteiger partial charge in [-0.15, -0.1) is 11.3 Å². The SMILES string of the molecule is COC(=O)c1c(NC(=S)Nc2ccc(Br)cc2F)sc(C(=O)N(C)C)c1C. The average Bonchev–Trinajstić information content (AvgIpc) is 2.91. The molecule has 144 valence electrons. The molecule has 2 aromatic rings. The molecule has 0 atom stereocenters. The van der Waals surface area contributed by atoms with Crippen molar-refractivity contribution in [1.82, 2.24) is 4.90 Å². The number of thiophene rings is 1. The topological polar surface area (TPSA) is 70.7 Å². The van der Waals surface area contributed by atoms with Crippen LogP contribution in [0.2, 0.25) is 0 Å². The van der Waals surface area contributed by atoms with Gasteiger partial charge in [0.25, 0.3) is 5.91 Å². The van der Waals surface area contributed by atoms with Gasteiger partial charge in [-0.25, -0.2) is 9.18 Å². The molecule has 27 heavy (non-hydrogen) atoms. The number of anilines is 2. The summed E-state index contributed by atoms with van der Waals surface area (Å²) in [6.07, 6.45) is 0. The summed E-state index contributed by atoms with van der Waals surface area (Å²) in [6.45, 7) is 1.66. The Morgan fingerprint density at radius 3 is 2.52 bits per heavy atom. The molecule has 2 rings (SSSR count). The molecule has 0 aliphatic rings. The highest BCUT2D eigenvalue weighted by Gasteiger charge is 2.26. The number of hydrogen-bond acceptors (Lipinski definition) is 5. The summed E-state index contributed by atoms with van der Waals surface area (Å²) in [4.78, 5) is 26.3. The van der Waals surface area contributed by atoms with Crippen molar-refractivity contribution < 1.29 is 18.7 Å². The number of carbonyl (C=O) groups excluding carboxylic acids is 2. The van der Waals surface area contributed by atoms with Gasteiger partial charge in [-0.3, -0.25) is 4.79 Å². The molecule has 1 heterocycles. The van der Waals surface area contributed by atoms with E-state index in [-0.39, 0.29) is 22.3 Å². The Kier molecular flexibility index (Phi) is 6.90. The van der Waals surface area contributed by atoms with E-state index in [9.17, 15) is 14.0 Å². The molecule has 0 fully saturated rings. The van der Waals surface area contributed by atoms with Gasteiger partial charge < -0.3 is 20.3 Å². The number of nitrogens with zero attached hydrogens (tertiary/aromatic N) is 1. The molecule has 1 amide bonds. The van der Waals surface area contributed by atoms with Crippen molar-refractivity contribution in [3.63, 3.8) is 0 Å². The molecule has 0 bridgehead atoms. The van der Waals surface area contributed by atoms with E-state index in [0.29, 0.717) is 19.9 Å². The molecule has 1 aromatic heterocycles. The largest absolute Gasteiger partial charge is 0.465 e. The van der Waals surface area contributed by atoms with Gasteiger partial charge in [-0.05, 0) is 42.9 Å². The second kappa shape index (κ2) is 8.77. The van der Waals surface area contributed by atoms with Crippen LogP contribution >= 0.6 is 39.5 Å². The Labute approximate surface area is 173 Å². The van der Waals surface area contributed by atoms with E-state index in [1.54, 1.807) is 27.1 Å². The third kappa shape index (κ3) is 4.82. The first kappa shape index (κ1) is 21.3. The Morgan fingerprint density at radius 2 is 1.96 bits per heavy atom. The number of thiocarbonyl (C=S) groups is 1. The van der Waals surface area contributed by atoms with Crippen LogP contribution in [0.15, 0.2) is 22.7 Å². The zero-order chi connectivity index (χ0) is 20.3. The second-order valence-electron chi connectivity index (χ2n) is 5.65. The van der Waals surface area contributed by atoms with Gasteiger partial charge in [0.2, 0.25) is 0 Å². The minimum absolute atomic E-state index is 0.0754. The summed E-state index contributed by atoms with van der Waals surface area (Å²) < 4.78 is 19.4. The van der Waals surface area contributed by atoms with E-state index in [4.69, 9.17) is 17.0 Å². The lowest BCUT2D eigenvalue weighted by Crippen LogP contribution is -2.21. The third-order valence-corrected chi connectivity index (χ3v) is 5.44. The number of halogens is 2. The van der Waals surface area contributed by atoms with Crippen LogP contribution in [0.5, 0.6) is 0 Å². The lowest BCUT2D eigenvalue weighted by molar-refractivity contribution is 0.0601. The zero-order valence-electron chi connectivity index (χ0n) is 15.0. The first-order chi connectivity index (χ1) is 12.6. The summed E-state index contributed by atoms with van der Waals surface area (Å²) >= 11 is 9.48. The molecular formula is C17H17BrFN3O3S2. The van der Waals surface area contributed by atoms with Crippen LogP contribution in [0, 0.1) is 12.7 Å². The van der Waals surface area contributed by atoms with Crippen molar-refractivity contribution in [2.75, 3.05) is 31.8 Å². The summed E-state index contributed by atoms with van der Waals surface area (Å²) in [5, 5.41) is 6.02. The highest BCUT2D eigenvalue weighted by molar-refractivity contribution is 9.10. The van der Waals surface area contributed by atoms with Crippen LogP contribution in [0.1, 0.15) is 25.6 Å². The fraction of sp³-hybridized carbons (Fsp3) is 0.235. The fourth-order valence-corrected chi connectivity index (χ4v) is 4.03. The van der Waals surface area contributed by atoms with E-state index in [1.165, 1.54) is 24.1 Å². The normalized spacial score (nSPS) is 10.3. The van der Waals surface area contributed by atoms with E-state index in [1.807, 2.05) is 0 Å². The number of carbonyl (C=O) groups is 2. The van der Waals surface area contributed by atoms with Crippen molar-refractivity contribution in [3.05, 3.63) is 44.5 Å². The smallest absolute Gasteiger partial charge is 0.341 e. The van der Waals surface area contributed by atoms with E-state index >= 15 is 0 Å². The molecule has 10 heteroatoms. The van der Waals surface area contributed by atoms with E-state index < -0.39 is 11.8 Å². The summed E-state index contributed by atoms with van der Waals surface area (Å²) in [7, 11) is 4.49. The molecule has 0 saturated heterocycles. The first-order valence-electron chi connectivity index (χ1n) is 7.62. The van der Waals surface area contributed by atoms with Crippen LogP contribution in [-0.2, 0) is 4.74 Å². The van der Waals surface area contributed by atoms with Gasteiger partial charge in [0.05, 0.1) is 23.2 Å². The highest BCUT2D eigenvalue weighted by atomic mass is 79.9. The Balaban J connectivity index is 2.33. The van der Waals surface area contributed by atoms with Crippen LogP contribution in [0.25, 0.3) is 0 Å². The van der Waals surface area contributed by atoms with Crippen molar-refractivity contribution in [1.29, 1.82) is 0 Å². The number of amides is 1. The molecule has 0 aliphatic heterocycles. The van der Waals surface area contributed by atoms with Gasteiger partial charge in [0, 0.05) is 18.6 Å². The van der Waals surface area contributed by atoms with Crippen molar-refractivity contribution in [2.45, 2.75) is 6.92 Å². The average molecular weight is 474 g/mol. The van der Waals surface area contributed by atoms with Crippen molar-refractivity contribution >= 4 is 67.2 Å². The molecule has 0 radical (unpaired) electrons. The monoisotopic (exact) mass is 473 g/mol. The zero-order valence-corrected chi connectivity index (χ0v) is 18.2. The third-order valence-electron chi connectivity index (χ3n) is 3.54. The van der Waals surface area contributed by atoms with Gasteiger partial charge >= 0.3 is 5.97 Å². The molecule has 0 spiro atoms.